The van der Waals surface area contributed by atoms with Gasteiger partial charge in [-0.25, -0.2) is 15.0 Å². The maximum Gasteiger partial charge on any atom is 0.311 e. The second-order valence-electron chi connectivity index (χ2n) is 3.61. The molecule has 2 heterocycles. The molecule has 0 N–H and O–H groups in total. The lowest BCUT2D eigenvalue weighted by Gasteiger charge is -1.98. The number of carbonyl (C=O) groups is 1. The van der Waals surface area contributed by atoms with Gasteiger partial charge in [-0.2, -0.15) is 0 Å². The number of ether oxygens (including phenoxy) is 1. The van der Waals surface area contributed by atoms with E-state index in [4.69, 9.17) is 4.74 Å². The van der Waals surface area contributed by atoms with Crippen LogP contribution in [0.4, 0.5) is 0 Å². The number of aryl methyl sites for hydroxylation is 1. The molecule has 0 bridgehead atoms. The number of hydrogen-bond acceptors (Lipinski definition) is 6. The first kappa shape index (κ1) is 12.6. The van der Waals surface area contributed by atoms with Crippen LogP contribution in [0.3, 0.4) is 0 Å². The summed E-state index contributed by atoms with van der Waals surface area (Å²) in [6, 6.07) is 1.81. The summed E-state index contributed by atoms with van der Waals surface area (Å²) in [5.41, 5.74) is 1.49. The van der Waals surface area contributed by atoms with Crippen molar-refractivity contribution in [2.45, 2.75) is 20.3 Å². The number of esters is 1. The SMILES string of the molecule is CCOC(=O)Cc1csc(-c2ccnc(C)n2)n1. The lowest BCUT2D eigenvalue weighted by Crippen LogP contribution is -2.07. The number of rotatable bonds is 4. The Bertz CT molecular complexity index is 554. The minimum Gasteiger partial charge on any atom is -0.466 e. The van der Waals surface area contributed by atoms with Crippen LogP contribution in [-0.4, -0.2) is 27.5 Å². The van der Waals surface area contributed by atoms with E-state index in [-0.39, 0.29) is 12.4 Å². The molecule has 2 rings (SSSR count). The molecule has 18 heavy (non-hydrogen) atoms. The normalized spacial score (nSPS) is 10.3. The van der Waals surface area contributed by atoms with Crippen molar-refractivity contribution >= 4 is 17.3 Å². The fraction of sp³-hybridized carbons (Fsp3) is 0.333. The summed E-state index contributed by atoms with van der Waals surface area (Å²) in [7, 11) is 0. The molecule has 94 valence electrons. The van der Waals surface area contributed by atoms with Gasteiger partial charge < -0.3 is 4.74 Å². The third-order valence-corrected chi connectivity index (χ3v) is 3.09. The van der Waals surface area contributed by atoms with Crippen LogP contribution in [-0.2, 0) is 16.0 Å². The molecule has 0 saturated heterocycles. The highest BCUT2D eigenvalue weighted by Crippen LogP contribution is 2.21. The van der Waals surface area contributed by atoms with Crippen LogP contribution in [0.1, 0.15) is 18.4 Å². The van der Waals surface area contributed by atoms with Crippen LogP contribution in [0.25, 0.3) is 10.7 Å². The van der Waals surface area contributed by atoms with E-state index < -0.39 is 0 Å². The minimum atomic E-state index is -0.256. The molecule has 0 spiro atoms. The highest BCUT2D eigenvalue weighted by Gasteiger charge is 2.10. The van der Waals surface area contributed by atoms with Crippen molar-refractivity contribution in [3.8, 4) is 10.7 Å². The summed E-state index contributed by atoms with van der Waals surface area (Å²) < 4.78 is 4.88. The van der Waals surface area contributed by atoms with Gasteiger partial charge in [-0.3, -0.25) is 4.79 Å². The van der Waals surface area contributed by atoms with Gasteiger partial charge in [0.15, 0.2) is 0 Å². The largest absolute Gasteiger partial charge is 0.466 e. The molecule has 0 aliphatic rings. The Morgan fingerprint density at radius 1 is 1.44 bits per heavy atom. The third-order valence-electron chi connectivity index (χ3n) is 2.18. The van der Waals surface area contributed by atoms with Crippen molar-refractivity contribution in [1.82, 2.24) is 15.0 Å². The summed E-state index contributed by atoms with van der Waals surface area (Å²) in [5.74, 6) is 0.447. The van der Waals surface area contributed by atoms with Crippen molar-refractivity contribution in [1.29, 1.82) is 0 Å². The van der Waals surface area contributed by atoms with Gasteiger partial charge in [0.05, 0.1) is 18.7 Å². The quantitative estimate of drug-likeness (QED) is 0.789. The van der Waals surface area contributed by atoms with Crippen LogP contribution in [0.15, 0.2) is 17.6 Å². The Balaban J connectivity index is 2.13. The highest BCUT2D eigenvalue weighted by atomic mass is 32.1. The smallest absolute Gasteiger partial charge is 0.311 e. The molecule has 2 aromatic heterocycles. The molecular formula is C12H13N3O2S. The van der Waals surface area contributed by atoms with E-state index in [9.17, 15) is 4.79 Å². The third kappa shape index (κ3) is 3.10. The molecule has 0 aliphatic heterocycles. The molecule has 0 unspecified atom stereocenters. The van der Waals surface area contributed by atoms with E-state index in [0.717, 1.165) is 10.7 Å². The molecule has 2 aromatic rings. The second-order valence-corrected chi connectivity index (χ2v) is 4.47. The summed E-state index contributed by atoms with van der Waals surface area (Å²) in [6.07, 6.45) is 1.90. The minimum absolute atomic E-state index is 0.203. The van der Waals surface area contributed by atoms with E-state index in [1.807, 2.05) is 12.3 Å². The average Bonchev–Trinajstić information content (AvgIpc) is 2.78. The number of nitrogens with zero attached hydrogens (tertiary/aromatic N) is 3. The first-order chi connectivity index (χ1) is 8.69. The fourth-order valence-corrected chi connectivity index (χ4v) is 2.23. The Hall–Kier alpha value is -1.82. The van der Waals surface area contributed by atoms with Gasteiger partial charge in [0, 0.05) is 11.6 Å². The molecule has 0 aliphatic carbocycles. The number of carbonyl (C=O) groups excluding carboxylic acids is 1. The molecule has 0 radical (unpaired) electrons. The van der Waals surface area contributed by atoms with Gasteiger partial charge in [0.25, 0.3) is 0 Å². The van der Waals surface area contributed by atoms with Gasteiger partial charge in [-0.1, -0.05) is 0 Å². The average molecular weight is 263 g/mol. The Morgan fingerprint density at radius 3 is 3.00 bits per heavy atom. The maximum atomic E-state index is 11.3. The first-order valence-electron chi connectivity index (χ1n) is 5.59. The van der Waals surface area contributed by atoms with Crippen molar-refractivity contribution in [2.24, 2.45) is 0 Å². The predicted octanol–water partition coefficient (Wildman–Crippen LogP) is 2.01. The lowest BCUT2D eigenvalue weighted by molar-refractivity contribution is -0.142. The van der Waals surface area contributed by atoms with E-state index >= 15 is 0 Å². The van der Waals surface area contributed by atoms with Crippen LogP contribution < -0.4 is 0 Å². The standard InChI is InChI=1S/C12H13N3O2S/c1-3-17-11(16)6-9-7-18-12(15-9)10-4-5-13-8(2)14-10/h4-5,7H,3,6H2,1-2H3. The summed E-state index contributed by atoms with van der Waals surface area (Å²) in [6.45, 7) is 4.01. The Morgan fingerprint density at radius 2 is 2.28 bits per heavy atom. The fourth-order valence-electron chi connectivity index (χ4n) is 1.44. The second kappa shape index (κ2) is 5.68. The van der Waals surface area contributed by atoms with Crippen LogP contribution in [0, 0.1) is 6.92 Å². The van der Waals surface area contributed by atoms with E-state index in [2.05, 4.69) is 15.0 Å². The maximum absolute atomic E-state index is 11.3. The number of thiazole rings is 1. The molecule has 6 heteroatoms. The summed E-state index contributed by atoms with van der Waals surface area (Å²) in [5, 5.41) is 2.64. The van der Waals surface area contributed by atoms with E-state index in [1.165, 1.54) is 11.3 Å². The van der Waals surface area contributed by atoms with Gasteiger partial charge in [-0.05, 0) is 19.9 Å². The molecule has 0 amide bonds. The zero-order chi connectivity index (χ0) is 13.0. The van der Waals surface area contributed by atoms with Crippen molar-refractivity contribution in [3.05, 3.63) is 29.2 Å². The van der Waals surface area contributed by atoms with Crippen LogP contribution in [0.5, 0.6) is 0 Å². The summed E-state index contributed by atoms with van der Waals surface area (Å²) in [4.78, 5) is 24.0. The first-order valence-corrected chi connectivity index (χ1v) is 6.47. The molecule has 0 aromatic carbocycles. The zero-order valence-corrected chi connectivity index (χ0v) is 11.0. The summed E-state index contributed by atoms with van der Waals surface area (Å²) >= 11 is 1.46. The van der Waals surface area contributed by atoms with Crippen LogP contribution in [0.2, 0.25) is 0 Å². The van der Waals surface area contributed by atoms with Crippen molar-refractivity contribution in [3.63, 3.8) is 0 Å². The van der Waals surface area contributed by atoms with Gasteiger partial charge in [0.2, 0.25) is 0 Å². The molecule has 5 nitrogen and oxygen atoms in total. The zero-order valence-electron chi connectivity index (χ0n) is 10.2. The van der Waals surface area contributed by atoms with Crippen molar-refractivity contribution in [2.75, 3.05) is 6.61 Å². The van der Waals surface area contributed by atoms with Crippen LogP contribution >= 0.6 is 11.3 Å². The lowest BCUT2D eigenvalue weighted by atomic mass is 10.3. The Labute approximate surface area is 109 Å². The van der Waals surface area contributed by atoms with E-state index in [0.29, 0.717) is 18.1 Å². The molecule has 0 fully saturated rings. The van der Waals surface area contributed by atoms with Gasteiger partial charge in [-0.15, -0.1) is 11.3 Å². The Kier molecular flexibility index (Phi) is 3.99. The molecule has 0 atom stereocenters. The van der Waals surface area contributed by atoms with E-state index in [1.54, 1.807) is 19.2 Å². The number of aromatic nitrogens is 3. The monoisotopic (exact) mass is 263 g/mol. The van der Waals surface area contributed by atoms with Gasteiger partial charge >= 0.3 is 5.97 Å². The topological polar surface area (TPSA) is 65.0 Å². The molecular weight excluding hydrogens is 250 g/mol. The van der Waals surface area contributed by atoms with Crippen molar-refractivity contribution < 1.29 is 9.53 Å². The van der Waals surface area contributed by atoms with Gasteiger partial charge in [0.1, 0.15) is 16.5 Å². The highest BCUT2D eigenvalue weighted by molar-refractivity contribution is 7.13. The predicted molar refractivity (Wildman–Crippen MR) is 68.2 cm³/mol. The molecule has 0 saturated carbocycles. The number of hydrogen-bond donors (Lipinski definition) is 0.